The molecule has 0 aromatic rings. The SMILES string of the molecule is CNC(C)(C)C(=O)N1CCN(C(=O)C2CC2)CC1. The Hall–Kier alpha value is -1.10. The summed E-state index contributed by atoms with van der Waals surface area (Å²) in [7, 11) is 1.80. The van der Waals surface area contributed by atoms with Gasteiger partial charge in [0, 0.05) is 32.1 Å². The summed E-state index contributed by atoms with van der Waals surface area (Å²) >= 11 is 0. The van der Waals surface area contributed by atoms with Crippen molar-refractivity contribution in [2.24, 2.45) is 5.92 Å². The Labute approximate surface area is 108 Å². The molecule has 5 heteroatoms. The van der Waals surface area contributed by atoms with Gasteiger partial charge in [-0.15, -0.1) is 0 Å². The van der Waals surface area contributed by atoms with Crippen LogP contribution in [-0.2, 0) is 9.59 Å². The Bertz CT molecular complexity index is 342. The normalized spacial score (nSPS) is 21.1. The molecule has 2 amide bonds. The number of carbonyl (C=O) groups excluding carboxylic acids is 2. The van der Waals surface area contributed by atoms with Crippen LogP contribution in [0.25, 0.3) is 0 Å². The average Bonchev–Trinajstić information content (AvgIpc) is 3.21. The van der Waals surface area contributed by atoms with E-state index in [0.717, 1.165) is 12.8 Å². The van der Waals surface area contributed by atoms with Crippen molar-refractivity contribution in [3.8, 4) is 0 Å². The van der Waals surface area contributed by atoms with Gasteiger partial charge in [0.1, 0.15) is 0 Å². The number of nitrogens with one attached hydrogen (secondary N) is 1. The maximum atomic E-state index is 12.2. The molecule has 5 nitrogen and oxygen atoms in total. The molecule has 2 rings (SSSR count). The average molecular weight is 253 g/mol. The molecule has 2 aliphatic rings. The van der Waals surface area contributed by atoms with Gasteiger partial charge in [-0.05, 0) is 33.7 Å². The minimum absolute atomic E-state index is 0.114. The number of rotatable bonds is 3. The van der Waals surface area contributed by atoms with Gasteiger partial charge in [-0.25, -0.2) is 0 Å². The van der Waals surface area contributed by atoms with E-state index in [4.69, 9.17) is 0 Å². The molecule has 0 aromatic carbocycles. The zero-order valence-corrected chi connectivity index (χ0v) is 11.5. The van der Waals surface area contributed by atoms with Crippen molar-refractivity contribution in [1.82, 2.24) is 15.1 Å². The first kappa shape index (κ1) is 13.3. The number of hydrogen-bond acceptors (Lipinski definition) is 3. The second-order valence-corrected chi connectivity index (χ2v) is 5.77. The van der Waals surface area contributed by atoms with E-state index >= 15 is 0 Å². The van der Waals surface area contributed by atoms with Crippen LogP contribution in [0.4, 0.5) is 0 Å². The van der Waals surface area contributed by atoms with E-state index in [1.54, 1.807) is 7.05 Å². The maximum absolute atomic E-state index is 12.2. The monoisotopic (exact) mass is 253 g/mol. The van der Waals surface area contributed by atoms with Crippen molar-refractivity contribution in [2.75, 3.05) is 33.2 Å². The van der Waals surface area contributed by atoms with Gasteiger partial charge in [0.2, 0.25) is 11.8 Å². The van der Waals surface area contributed by atoms with E-state index in [2.05, 4.69) is 5.32 Å². The third kappa shape index (κ3) is 2.66. The Morgan fingerprint density at radius 1 is 1.06 bits per heavy atom. The van der Waals surface area contributed by atoms with Crippen LogP contribution in [0.2, 0.25) is 0 Å². The summed E-state index contributed by atoms with van der Waals surface area (Å²) in [5, 5.41) is 3.03. The third-order valence-electron chi connectivity index (χ3n) is 3.96. The summed E-state index contributed by atoms with van der Waals surface area (Å²) in [5.41, 5.74) is -0.525. The fraction of sp³-hybridized carbons (Fsp3) is 0.846. The molecule has 1 saturated heterocycles. The highest BCUT2D eigenvalue weighted by Gasteiger charge is 2.37. The van der Waals surface area contributed by atoms with Gasteiger partial charge in [-0.1, -0.05) is 0 Å². The molecule has 1 N–H and O–H groups in total. The Morgan fingerprint density at radius 3 is 2.00 bits per heavy atom. The predicted molar refractivity (Wildman–Crippen MR) is 69.0 cm³/mol. The molecule has 1 heterocycles. The van der Waals surface area contributed by atoms with Gasteiger partial charge in [0.05, 0.1) is 5.54 Å². The lowest BCUT2D eigenvalue weighted by atomic mass is 10.0. The lowest BCUT2D eigenvalue weighted by Crippen LogP contribution is -2.58. The number of nitrogens with zero attached hydrogens (tertiary/aromatic N) is 2. The lowest BCUT2D eigenvalue weighted by Gasteiger charge is -2.38. The van der Waals surface area contributed by atoms with Gasteiger partial charge in [0.15, 0.2) is 0 Å². The molecule has 102 valence electrons. The molecule has 1 aliphatic heterocycles. The Morgan fingerprint density at radius 2 is 1.56 bits per heavy atom. The van der Waals surface area contributed by atoms with E-state index < -0.39 is 5.54 Å². The molecule has 0 spiro atoms. The predicted octanol–water partition coefficient (Wildman–Crippen LogP) is 0.0652. The van der Waals surface area contributed by atoms with Crippen molar-refractivity contribution in [2.45, 2.75) is 32.2 Å². The molecular weight excluding hydrogens is 230 g/mol. The first-order chi connectivity index (χ1) is 8.45. The summed E-state index contributed by atoms with van der Waals surface area (Å²) in [6.45, 7) is 6.45. The second-order valence-electron chi connectivity index (χ2n) is 5.77. The third-order valence-corrected chi connectivity index (χ3v) is 3.96. The zero-order chi connectivity index (χ0) is 13.3. The first-order valence-electron chi connectivity index (χ1n) is 6.73. The number of hydrogen-bond donors (Lipinski definition) is 1. The minimum atomic E-state index is -0.525. The van der Waals surface area contributed by atoms with Crippen LogP contribution in [0.5, 0.6) is 0 Å². The summed E-state index contributed by atoms with van der Waals surface area (Å²) < 4.78 is 0. The highest BCUT2D eigenvalue weighted by Crippen LogP contribution is 2.31. The van der Waals surface area contributed by atoms with Gasteiger partial charge in [-0.3, -0.25) is 9.59 Å². The van der Waals surface area contributed by atoms with E-state index in [-0.39, 0.29) is 17.7 Å². The van der Waals surface area contributed by atoms with Gasteiger partial charge in [0.25, 0.3) is 0 Å². The quantitative estimate of drug-likeness (QED) is 0.774. The molecular formula is C13H23N3O2. The summed E-state index contributed by atoms with van der Waals surface area (Å²) in [4.78, 5) is 27.9. The highest BCUT2D eigenvalue weighted by molar-refractivity contribution is 5.86. The van der Waals surface area contributed by atoms with Crippen LogP contribution in [-0.4, -0.2) is 60.4 Å². The Kier molecular flexibility index (Phi) is 3.61. The zero-order valence-electron chi connectivity index (χ0n) is 11.5. The van der Waals surface area contributed by atoms with Crippen LogP contribution in [0.1, 0.15) is 26.7 Å². The van der Waals surface area contributed by atoms with Crippen LogP contribution in [0, 0.1) is 5.92 Å². The van der Waals surface area contributed by atoms with E-state index in [1.165, 1.54) is 0 Å². The van der Waals surface area contributed by atoms with Gasteiger partial charge < -0.3 is 15.1 Å². The van der Waals surface area contributed by atoms with Crippen molar-refractivity contribution >= 4 is 11.8 Å². The molecule has 0 radical (unpaired) electrons. The summed E-state index contributed by atoms with van der Waals surface area (Å²) in [5.74, 6) is 0.680. The van der Waals surface area contributed by atoms with Crippen molar-refractivity contribution in [3.05, 3.63) is 0 Å². The van der Waals surface area contributed by atoms with E-state index in [9.17, 15) is 9.59 Å². The number of amides is 2. The first-order valence-corrected chi connectivity index (χ1v) is 6.73. The number of likely N-dealkylation sites (N-methyl/N-ethyl adjacent to an activating group) is 1. The van der Waals surface area contributed by atoms with E-state index in [0.29, 0.717) is 26.2 Å². The highest BCUT2D eigenvalue weighted by atomic mass is 16.2. The molecule has 0 bridgehead atoms. The fourth-order valence-corrected chi connectivity index (χ4v) is 2.22. The number of piperazine rings is 1. The Balaban J connectivity index is 1.86. The second kappa shape index (κ2) is 4.88. The molecule has 18 heavy (non-hydrogen) atoms. The van der Waals surface area contributed by atoms with Crippen LogP contribution < -0.4 is 5.32 Å². The van der Waals surface area contributed by atoms with Crippen molar-refractivity contribution in [1.29, 1.82) is 0 Å². The number of carbonyl (C=O) groups is 2. The molecule has 0 aromatic heterocycles. The lowest BCUT2D eigenvalue weighted by molar-refractivity contribution is -0.143. The molecule has 2 fully saturated rings. The van der Waals surface area contributed by atoms with Crippen LogP contribution in [0.15, 0.2) is 0 Å². The summed E-state index contributed by atoms with van der Waals surface area (Å²) in [6, 6.07) is 0. The van der Waals surface area contributed by atoms with Gasteiger partial charge in [-0.2, -0.15) is 0 Å². The largest absolute Gasteiger partial charge is 0.339 e. The van der Waals surface area contributed by atoms with Crippen molar-refractivity contribution in [3.63, 3.8) is 0 Å². The maximum Gasteiger partial charge on any atom is 0.242 e. The topological polar surface area (TPSA) is 52.7 Å². The smallest absolute Gasteiger partial charge is 0.242 e. The standard InChI is InChI=1S/C13H23N3O2/c1-13(2,14-3)12(18)16-8-6-15(7-9-16)11(17)10-4-5-10/h10,14H,4-9H2,1-3H3. The minimum Gasteiger partial charge on any atom is -0.339 e. The molecule has 0 atom stereocenters. The van der Waals surface area contributed by atoms with Crippen LogP contribution in [0.3, 0.4) is 0 Å². The molecule has 1 aliphatic carbocycles. The van der Waals surface area contributed by atoms with E-state index in [1.807, 2.05) is 23.6 Å². The molecule has 1 saturated carbocycles. The van der Waals surface area contributed by atoms with Crippen molar-refractivity contribution < 1.29 is 9.59 Å². The fourth-order valence-electron chi connectivity index (χ4n) is 2.22. The van der Waals surface area contributed by atoms with Crippen LogP contribution >= 0.6 is 0 Å². The summed E-state index contributed by atoms with van der Waals surface area (Å²) in [6.07, 6.45) is 2.09. The molecule has 0 unspecified atom stereocenters. The van der Waals surface area contributed by atoms with Gasteiger partial charge >= 0.3 is 0 Å².